The van der Waals surface area contributed by atoms with E-state index in [1.165, 1.54) is 12.1 Å². The molecule has 226 valence electrons. The highest BCUT2D eigenvalue weighted by Crippen LogP contribution is 2.49. The third-order valence-electron chi connectivity index (χ3n) is 8.96. The highest BCUT2D eigenvalue weighted by Gasteiger charge is 2.44. The molecule has 9 heteroatoms. The van der Waals surface area contributed by atoms with Crippen molar-refractivity contribution in [1.82, 2.24) is 10.2 Å². The van der Waals surface area contributed by atoms with Crippen LogP contribution in [0.15, 0.2) is 54.7 Å². The Hall–Kier alpha value is -2.55. The minimum absolute atomic E-state index is 0.0790. The topological polar surface area (TPSA) is 15.3 Å². The first-order valence-corrected chi connectivity index (χ1v) is 14.4. The third kappa shape index (κ3) is 7.85. The van der Waals surface area contributed by atoms with Crippen molar-refractivity contribution in [3.05, 3.63) is 82.8 Å². The number of halogens is 7. The van der Waals surface area contributed by atoms with Crippen molar-refractivity contribution in [2.24, 2.45) is 11.3 Å². The fourth-order valence-corrected chi connectivity index (χ4v) is 6.48. The van der Waals surface area contributed by atoms with Crippen LogP contribution in [0, 0.1) is 17.2 Å². The van der Waals surface area contributed by atoms with E-state index in [1.54, 1.807) is 0 Å². The summed E-state index contributed by atoms with van der Waals surface area (Å²) >= 11 is 0. The van der Waals surface area contributed by atoms with Gasteiger partial charge in [0.2, 0.25) is 0 Å². The van der Waals surface area contributed by atoms with Crippen LogP contribution >= 0.6 is 0 Å². The molecule has 1 saturated carbocycles. The zero-order valence-corrected chi connectivity index (χ0v) is 23.6. The van der Waals surface area contributed by atoms with Crippen LogP contribution in [0.25, 0.3) is 0 Å². The van der Waals surface area contributed by atoms with Gasteiger partial charge in [-0.3, -0.25) is 0 Å². The Morgan fingerprint density at radius 3 is 2.07 bits per heavy atom. The first-order valence-electron chi connectivity index (χ1n) is 14.4. The van der Waals surface area contributed by atoms with Gasteiger partial charge < -0.3 is 10.2 Å². The van der Waals surface area contributed by atoms with E-state index < -0.39 is 23.5 Å². The minimum Gasteiger partial charge on any atom is -0.384 e. The third-order valence-corrected chi connectivity index (χ3v) is 8.96. The number of allylic oxidation sites excluding steroid dienone is 1. The number of likely N-dealkylation sites (tertiary alicyclic amines) is 1. The zero-order chi connectivity index (χ0) is 30.0. The number of benzene rings is 2. The Kier molecular flexibility index (Phi) is 9.46. The summed E-state index contributed by atoms with van der Waals surface area (Å²) in [5.41, 5.74) is -1.14. The van der Waals surface area contributed by atoms with E-state index in [2.05, 4.69) is 30.6 Å². The van der Waals surface area contributed by atoms with Crippen molar-refractivity contribution in [2.75, 3.05) is 13.1 Å². The molecule has 0 amide bonds. The number of piperidine rings is 1. The molecule has 2 fully saturated rings. The van der Waals surface area contributed by atoms with E-state index >= 15 is 0 Å². The summed E-state index contributed by atoms with van der Waals surface area (Å²) in [6.07, 6.45) is -3.32. The smallest absolute Gasteiger partial charge is 0.384 e. The van der Waals surface area contributed by atoms with E-state index in [4.69, 9.17) is 0 Å². The zero-order valence-electron chi connectivity index (χ0n) is 23.6. The van der Waals surface area contributed by atoms with Gasteiger partial charge in [-0.25, -0.2) is 4.39 Å². The second-order valence-electron chi connectivity index (χ2n) is 12.2. The number of alkyl halides is 6. The minimum atomic E-state index is -4.88. The van der Waals surface area contributed by atoms with Crippen molar-refractivity contribution >= 4 is 0 Å². The number of hydrogen-bond acceptors (Lipinski definition) is 2. The van der Waals surface area contributed by atoms with Gasteiger partial charge in [0, 0.05) is 23.7 Å². The fraction of sp³-hybridized carbons (Fsp3) is 0.562. The second-order valence-corrected chi connectivity index (χ2v) is 12.2. The predicted octanol–water partition coefficient (Wildman–Crippen LogP) is 9.32. The molecule has 2 atom stereocenters. The van der Waals surface area contributed by atoms with E-state index in [1.807, 2.05) is 12.1 Å². The van der Waals surface area contributed by atoms with Crippen LogP contribution in [0.1, 0.15) is 87.0 Å². The molecule has 1 aliphatic carbocycles. The quantitative estimate of drug-likeness (QED) is 0.296. The fourth-order valence-electron chi connectivity index (χ4n) is 6.48. The van der Waals surface area contributed by atoms with E-state index in [0.717, 1.165) is 75.7 Å². The normalized spacial score (nSPS) is 22.8. The van der Waals surface area contributed by atoms with Crippen LogP contribution in [-0.2, 0) is 18.9 Å². The van der Waals surface area contributed by atoms with Crippen molar-refractivity contribution in [1.29, 1.82) is 0 Å². The summed E-state index contributed by atoms with van der Waals surface area (Å²) in [6.45, 7) is 10.2. The van der Waals surface area contributed by atoms with Crippen molar-refractivity contribution in [3.8, 4) is 0 Å². The van der Waals surface area contributed by atoms with Crippen molar-refractivity contribution in [2.45, 2.75) is 89.7 Å². The maximum Gasteiger partial charge on any atom is 0.416 e. The molecular weight excluding hydrogens is 545 g/mol. The van der Waals surface area contributed by atoms with E-state index in [9.17, 15) is 30.7 Å². The summed E-state index contributed by atoms with van der Waals surface area (Å²) in [5, 5.41) is 3.14. The maximum absolute atomic E-state index is 13.3. The Morgan fingerprint density at radius 2 is 1.54 bits per heavy atom. The molecular formula is C32H39F7N2. The standard InChI is InChI=1S/C32H39F7N2/c1-21(2)8-12-30(22(3)40-20-23-16-26(31(34,35)36)18-27(17-23)32(37,38)39)13-9-29(19-30)41-14-10-25(11-15-41)24-4-6-28(33)7-5-24/h4-7,16-18,21,25,29,40H,3,8-15,19-20H2,1-2H3. The largest absolute Gasteiger partial charge is 0.416 e. The molecule has 2 nitrogen and oxygen atoms in total. The molecule has 2 aromatic rings. The summed E-state index contributed by atoms with van der Waals surface area (Å²) < 4.78 is 93.4. The lowest BCUT2D eigenvalue weighted by atomic mass is 9.76. The summed E-state index contributed by atoms with van der Waals surface area (Å²) in [5.74, 6) is 0.602. The second kappa shape index (κ2) is 12.4. The van der Waals surface area contributed by atoms with E-state index in [0.29, 0.717) is 23.6 Å². The molecule has 1 heterocycles. The van der Waals surface area contributed by atoms with Crippen LogP contribution in [0.3, 0.4) is 0 Å². The number of rotatable bonds is 9. The lowest BCUT2D eigenvalue weighted by molar-refractivity contribution is -0.143. The van der Waals surface area contributed by atoms with Gasteiger partial charge in [0.25, 0.3) is 0 Å². The Morgan fingerprint density at radius 1 is 0.951 bits per heavy atom. The first-order chi connectivity index (χ1) is 19.2. The van der Waals surface area contributed by atoms with Gasteiger partial charge in [0.1, 0.15) is 5.82 Å². The van der Waals surface area contributed by atoms with Gasteiger partial charge in [0.15, 0.2) is 0 Å². The van der Waals surface area contributed by atoms with Crippen LogP contribution in [0.2, 0.25) is 0 Å². The Labute approximate surface area is 238 Å². The SMILES string of the molecule is C=C(NCc1cc(C(F)(F)F)cc(C(F)(F)F)c1)C1(CCC(C)C)CCC(N2CCC(c3ccc(F)cc3)CC2)C1. The highest BCUT2D eigenvalue weighted by atomic mass is 19.4. The molecule has 1 aliphatic heterocycles. The number of nitrogens with zero attached hydrogens (tertiary/aromatic N) is 1. The van der Waals surface area contributed by atoms with Crippen LogP contribution in [-0.4, -0.2) is 24.0 Å². The molecule has 4 rings (SSSR count). The molecule has 2 unspecified atom stereocenters. The molecule has 0 radical (unpaired) electrons. The number of nitrogens with one attached hydrogen (secondary N) is 1. The van der Waals surface area contributed by atoms with Gasteiger partial charge in [-0.1, -0.05) is 39.0 Å². The molecule has 1 saturated heterocycles. The average Bonchev–Trinajstić information content (AvgIpc) is 3.36. The average molecular weight is 585 g/mol. The number of hydrogen-bond donors (Lipinski definition) is 1. The van der Waals surface area contributed by atoms with Gasteiger partial charge in [-0.2, -0.15) is 26.3 Å². The highest BCUT2D eigenvalue weighted by molar-refractivity contribution is 5.34. The molecule has 2 aliphatic rings. The molecule has 1 N–H and O–H groups in total. The summed E-state index contributed by atoms with van der Waals surface area (Å²) in [7, 11) is 0. The van der Waals surface area contributed by atoms with E-state index in [-0.39, 0.29) is 29.4 Å². The maximum atomic E-state index is 13.3. The molecule has 0 aromatic heterocycles. The predicted molar refractivity (Wildman–Crippen MR) is 147 cm³/mol. The van der Waals surface area contributed by atoms with Gasteiger partial charge in [-0.15, -0.1) is 0 Å². The van der Waals surface area contributed by atoms with Crippen LogP contribution in [0.4, 0.5) is 30.7 Å². The molecule has 41 heavy (non-hydrogen) atoms. The van der Waals surface area contributed by atoms with Crippen molar-refractivity contribution < 1.29 is 30.7 Å². The monoisotopic (exact) mass is 584 g/mol. The summed E-state index contributed by atoms with van der Waals surface area (Å²) in [4.78, 5) is 2.51. The van der Waals surface area contributed by atoms with Crippen molar-refractivity contribution in [3.63, 3.8) is 0 Å². The van der Waals surface area contributed by atoms with Gasteiger partial charge in [0.05, 0.1) is 11.1 Å². The lowest BCUT2D eigenvalue weighted by Crippen LogP contribution is -2.41. The lowest BCUT2D eigenvalue weighted by Gasteiger charge is -2.38. The van der Waals surface area contributed by atoms with Gasteiger partial charge in [-0.05, 0) is 105 Å². The molecule has 2 aromatic carbocycles. The Bertz CT molecular complexity index is 1150. The van der Waals surface area contributed by atoms with Gasteiger partial charge >= 0.3 is 12.4 Å². The van der Waals surface area contributed by atoms with Crippen LogP contribution < -0.4 is 5.32 Å². The van der Waals surface area contributed by atoms with Crippen LogP contribution in [0.5, 0.6) is 0 Å². The molecule has 0 bridgehead atoms. The summed E-state index contributed by atoms with van der Waals surface area (Å²) in [6, 6.07) is 8.77. The Balaban J connectivity index is 1.44. The molecule has 0 spiro atoms. The first kappa shape index (κ1) is 31.4.